The molecule has 1 heterocycles. The summed E-state index contributed by atoms with van der Waals surface area (Å²) in [5.41, 5.74) is 0.176. The Labute approximate surface area is 109 Å². The third-order valence-corrected chi connectivity index (χ3v) is 6.81. The van der Waals surface area contributed by atoms with Crippen molar-refractivity contribution in [3.63, 3.8) is 0 Å². The van der Waals surface area contributed by atoms with Crippen LogP contribution in [0.1, 0.15) is 53.4 Å². The topological polar surface area (TPSA) is 38.7 Å². The Morgan fingerprint density at radius 3 is 2.50 bits per heavy atom. The Morgan fingerprint density at radius 2 is 1.78 bits per heavy atom. The highest BCUT2D eigenvalue weighted by atomic mass is 17.2. The first-order valence-electron chi connectivity index (χ1n) is 7.33. The van der Waals surface area contributed by atoms with Gasteiger partial charge in [-0.2, -0.15) is 0 Å². The molecular weight excluding hydrogens is 228 g/mol. The van der Waals surface area contributed by atoms with Gasteiger partial charge >= 0.3 is 0 Å². The molecule has 1 aliphatic heterocycles. The van der Waals surface area contributed by atoms with Gasteiger partial charge in [-0.05, 0) is 42.4 Å². The van der Waals surface area contributed by atoms with E-state index in [0.717, 1.165) is 6.42 Å². The van der Waals surface area contributed by atoms with Crippen molar-refractivity contribution in [1.82, 2.24) is 0 Å². The average Bonchev–Trinajstić information content (AvgIpc) is 2.60. The van der Waals surface area contributed by atoms with Crippen LogP contribution in [0.3, 0.4) is 0 Å². The molecule has 6 unspecified atom stereocenters. The van der Waals surface area contributed by atoms with Crippen molar-refractivity contribution in [2.75, 3.05) is 0 Å². The molecule has 6 atom stereocenters. The second kappa shape index (κ2) is 2.82. The van der Waals surface area contributed by atoms with E-state index < -0.39 is 5.79 Å². The molecule has 18 heavy (non-hydrogen) atoms. The third kappa shape index (κ3) is 0.981. The lowest BCUT2D eigenvalue weighted by atomic mass is 9.61. The predicted molar refractivity (Wildman–Crippen MR) is 66.4 cm³/mol. The lowest BCUT2D eigenvalue weighted by Crippen LogP contribution is -2.52. The van der Waals surface area contributed by atoms with Crippen LogP contribution >= 0.6 is 0 Å². The highest BCUT2D eigenvalue weighted by molar-refractivity contribution is 5.25. The van der Waals surface area contributed by atoms with E-state index in [4.69, 9.17) is 9.78 Å². The maximum Gasteiger partial charge on any atom is 0.205 e. The van der Waals surface area contributed by atoms with Crippen LogP contribution < -0.4 is 0 Å². The van der Waals surface area contributed by atoms with Crippen molar-refractivity contribution in [1.29, 1.82) is 0 Å². The van der Waals surface area contributed by atoms with Gasteiger partial charge in [0, 0.05) is 6.42 Å². The van der Waals surface area contributed by atoms with Gasteiger partial charge in [0.1, 0.15) is 5.60 Å². The maximum atomic E-state index is 10.7. The first-order chi connectivity index (χ1) is 8.24. The van der Waals surface area contributed by atoms with Crippen molar-refractivity contribution >= 4 is 0 Å². The van der Waals surface area contributed by atoms with Crippen molar-refractivity contribution < 1.29 is 14.9 Å². The van der Waals surface area contributed by atoms with Gasteiger partial charge in [0.25, 0.3) is 0 Å². The smallest absolute Gasteiger partial charge is 0.205 e. The van der Waals surface area contributed by atoms with Crippen LogP contribution in [0.5, 0.6) is 0 Å². The molecule has 0 radical (unpaired) electrons. The average molecular weight is 252 g/mol. The van der Waals surface area contributed by atoms with Gasteiger partial charge in [-0.3, -0.25) is 0 Å². The summed E-state index contributed by atoms with van der Waals surface area (Å²) in [6, 6.07) is 0. The standard InChI is InChI=1S/C15H24O3/c1-12(2)6-5-7-13(3)9-8-15(16)11(13)14(4,10(9)12)17-18-15/h9-11,16H,5-8H2,1-4H3. The summed E-state index contributed by atoms with van der Waals surface area (Å²) in [7, 11) is 0. The van der Waals surface area contributed by atoms with Gasteiger partial charge in [-0.25, -0.2) is 9.78 Å². The molecule has 102 valence electrons. The summed E-state index contributed by atoms with van der Waals surface area (Å²) < 4.78 is 0. The summed E-state index contributed by atoms with van der Waals surface area (Å²) in [6.07, 6.45) is 4.48. The maximum absolute atomic E-state index is 10.7. The largest absolute Gasteiger partial charge is 0.363 e. The van der Waals surface area contributed by atoms with E-state index in [0.29, 0.717) is 11.8 Å². The molecule has 0 aromatic rings. The van der Waals surface area contributed by atoms with Gasteiger partial charge in [0.05, 0.1) is 5.92 Å². The fourth-order valence-electron chi connectivity index (χ4n) is 6.65. The van der Waals surface area contributed by atoms with E-state index in [9.17, 15) is 5.11 Å². The molecule has 1 saturated heterocycles. The first kappa shape index (κ1) is 11.7. The van der Waals surface area contributed by atoms with Crippen LogP contribution in [0.2, 0.25) is 0 Å². The van der Waals surface area contributed by atoms with E-state index in [1.165, 1.54) is 19.3 Å². The fraction of sp³-hybridized carbons (Fsp3) is 1.00. The summed E-state index contributed by atoms with van der Waals surface area (Å²) in [4.78, 5) is 11.2. The number of rotatable bonds is 0. The lowest BCUT2D eigenvalue weighted by Gasteiger charge is -2.45. The van der Waals surface area contributed by atoms with Crippen LogP contribution in [0.15, 0.2) is 0 Å². The minimum Gasteiger partial charge on any atom is -0.363 e. The molecule has 0 aromatic carbocycles. The molecule has 3 aliphatic carbocycles. The van der Waals surface area contributed by atoms with E-state index in [1.807, 2.05) is 0 Å². The van der Waals surface area contributed by atoms with Crippen LogP contribution in [0, 0.1) is 28.6 Å². The monoisotopic (exact) mass is 252 g/mol. The predicted octanol–water partition coefficient (Wildman–Crippen LogP) is 2.88. The summed E-state index contributed by atoms with van der Waals surface area (Å²) >= 11 is 0. The summed E-state index contributed by atoms with van der Waals surface area (Å²) in [5, 5.41) is 10.7. The minimum absolute atomic E-state index is 0.145. The van der Waals surface area contributed by atoms with Gasteiger partial charge < -0.3 is 5.11 Å². The Kier molecular flexibility index (Phi) is 1.83. The number of hydrogen-bond acceptors (Lipinski definition) is 3. The van der Waals surface area contributed by atoms with Crippen LogP contribution in [-0.2, 0) is 9.78 Å². The first-order valence-corrected chi connectivity index (χ1v) is 7.33. The van der Waals surface area contributed by atoms with Crippen LogP contribution in [-0.4, -0.2) is 16.5 Å². The molecule has 1 N–H and O–H groups in total. The van der Waals surface area contributed by atoms with Crippen molar-refractivity contribution in [3.8, 4) is 0 Å². The molecule has 4 rings (SSSR count). The quantitative estimate of drug-likeness (QED) is 0.674. The molecule has 4 aliphatic rings. The number of aliphatic hydroxyl groups is 1. The molecule has 4 fully saturated rings. The van der Waals surface area contributed by atoms with Crippen molar-refractivity contribution in [3.05, 3.63) is 0 Å². The van der Waals surface area contributed by atoms with Gasteiger partial charge in [0.2, 0.25) is 5.79 Å². The molecule has 0 aromatic heterocycles. The zero-order chi connectivity index (χ0) is 13.0. The second-order valence-electron chi connectivity index (χ2n) is 8.26. The van der Waals surface area contributed by atoms with Crippen molar-refractivity contribution in [2.45, 2.75) is 64.8 Å². The highest BCUT2D eigenvalue weighted by Gasteiger charge is 2.82. The summed E-state index contributed by atoms with van der Waals surface area (Å²) in [5.74, 6) is 0.174. The third-order valence-electron chi connectivity index (χ3n) is 6.81. The number of hydrogen-bond donors (Lipinski definition) is 1. The normalized spacial score (nSPS) is 64.2. The van der Waals surface area contributed by atoms with Crippen LogP contribution in [0.4, 0.5) is 0 Å². The van der Waals surface area contributed by atoms with Gasteiger partial charge in [-0.1, -0.05) is 27.2 Å². The minimum atomic E-state index is -1.02. The number of fused-ring (bicyclic) bond motifs is 1. The zero-order valence-electron chi connectivity index (χ0n) is 11.8. The Balaban J connectivity index is 1.94. The Morgan fingerprint density at radius 1 is 1.06 bits per heavy atom. The molecule has 0 spiro atoms. The van der Waals surface area contributed by atoms with E-state index in [1.54, 1.807) is 0 Å². The SMILES string of the molecule is CC1(C)CCCC2(C)C3CC4(O)OOC(C)(C31)C42. The van der Waals surface area contributed by atoms with Gasteiger partial charge in [-0.15, -0.1) is 0 Å². The van der Waals surface area contributed by atoms with Crippen molar-refractivity contribution in [2.24, 2.45) is 28.6 Å². The zero-order valence-corrected chi connectivity index (χ0v) is 11.8. The lowest BCUT2D eigenvalue weighted by molar-refractivity contribution is -0.390. The Hall–Kier alpha value is -0.120. The van der Waals surface area contributed by atoms with E-state index >= 15 is 0 Å². The van der Waals surface area contributed by atoms with E-state index in [2.05, 4.69) is 27.7 Å². The Bertz CT molecular complexity index is 420. The second-order valence-corrected chi connectivity index (χ2v) is 8.26. The molecule has 3 heteroatoms. The summed E-state index contributed by atoms with van der Waals surface area (Å²) in [6.45, 7) is 9.27. The molecular formula is C15H24O3. The highest BCUT2D eigenvalue weighted by Crippen LogP contribution is 2.78. The van der Waals surface area contributed by atoms with Gasteiger partial charge in [0.15, 0.2) is 0 Å². The fourth-order valence-corrected chi connectivity index (χ4v) is 6.65. The molecule has 4 bridgehead atoms. The molecule has 3 saturated carbocycles. The van der Waals surface area contributed by atoms with E-state index in [-0.39, 0.29) is 22.3 Å². The molecule has 3 nitrogen and oxygen atoms in total. The van der Waals surface area contributed by atoms with Crippen LogP contribution in [0.25, 0.3) is 0 Å². The molecule has 0 amide bonds.